The topological polar surface area (TPSA) is 37.8 Å². The van der Waals surface area contributed by atoms with Gasteiger partial charge in [-0.25, -0.2) is 0 Å². The molecule has 17 heavy (non-hydrogen) atoms. The van der Waals surface area contributed by atoms with E-state index in [1.54, 1.807) is 23.7 Å². The highest BCUT2D eigenvalue weighted by atomic mass is 35.5. The van der Waals surface area contributed by atoms with Crippen LogP contribution < -0.4 is 5.32 Å². The molecule has 2 aromatic rings. The van der Waals surface area contributed by atoms with E-state index in [4.69, 9.17) is 11.6 Å². The Morgan fingerprint density at radius 3 is 2.94 bits per heavy atom. The summed E-state index contributed by atoms with van der Waals surface area (Å²) in [4.78, 5) is 9.36. The Morgan fingerprint density at radius 1 is 1.41 bits per heavy atom. The van der Waals surface area contributed by atoms with Crippen LogP contribution in [0.1, 0.15) is 23.4 Å². The number of pyridine rings is 1. The zero-order valence-electron chi connectivity index (χ0n) is 9.56. The molecule has 0 bridgehead atoms. The highest BCUT2D eigenvalue weighted by Gasteiger charge is 2.14. The van der Waals surface area contributed by atoms with Crippen molar-refractivity contribution in [2.24, 2.45) is 0 Å². The van der Waals surface area contributed by atoms with Gasteiger partial charge in [0.05, 0.1) is 10.5 Å². The summed E-state index contributed by atoms with van der Waals surface area (Å²) in [7, 11) is 0. The third-order valence-corrected chi connectivity index (χ3v) is 3.76. The number of likely N-dealkylation sites (N-methyl/N-ethyl adjacent to an activating group) is 1. The molecule has 1 atom stereocenters. The smallest absolute Gasteiger partial charge is 0.0794 e. The second kappa shape index (κ2) is 6.10. The van der Waals surface area contributed by atoms with E-state index < -0.39 is 0 Å². The molecule has 2 aromatic heterocycles. The molecular weight excluding hydrogens is 254 g/mol. The van der Waals surface area contributed by atoms with Crippen LogP contribution in [0, 0.1) is 0 Å². The molecule has 5 heteroatoms. The molecular formula is C12H14ClN3S. The van der Waals surface area contributed by atoms with Crippen LogP contribution in [-0.2, 0) is 6.42 Å². The normalized spacial score (nSPS) is 12.6. The first-order chi connectivity index (χ1) is 8.31. The summed E-state index contributed by atoms with van der Waals surface area (Å²) in [5.41, 5.74) is 2.97. The van der Waals surface area contributed by atoms with Gasteiger partial charge < -0.3 is 5.32 Å². The molecule has 2 heterocycles. The molecule has 0 saturated carbocycles. The van der Waals surface area contributed by atoms with Crippen molar-refractivity contribution in [2.45, 2.75) is 19.4 Å². The Kier molecular flexibility index (Phi) is 4.48. The van der Waals surface area contributed by atoms with E-state index >= 15 is 0 Å². The van der Waals surface area contributed by atoms with Crippen LogP contribution in [0.3, 0.4) is 0 Å². The number of nitrogens with one attached hydrogen (secondary N) is 1. The zero-order chi connectivity index (χ0) is 12.1. The fraction of sp³-hybridized carbons (Fsp3) is 0.333. The number of aromatic nitrogens is 2. The molecule has 0 spiro atoms. The average Bonchev–Trinajstić information content (AvgIpc) is 2.85. The number of hydrogen-bond donors (Lipinski definition) is 1. The molecule has 0 aliphatic carbocycles. The maximum absolute atomic E-state index is 6.13. The SMILES string of the molecule is CCNC(Cc1ccncc1Cl)c1cncs1. The largest absolute Gasteiger partial charge is 0.309 e. The number of rotatable bonds is 5. The molecule has 0 aromatic carbocycles. The van der Waals surface area contributed by atoms with Gasteiger partial charge in [0.15, 0.2) is 0 Å². The highest BCUT2D eigenvalue weighted by molar-refractivity contribution is 7.09. The van der Waals surface area contributed by atoms with Gasteiger partial charge in [-0.05, 0) is 24.6 Å². The van der Waals surface area contributed by atoms with Gasteiger partial charge in [-0.15, -0.1) is 11.3 Å². The number of thiazole rings is 1. The monoisotopic (exact) mass is 267 g/mol. The molecule has 2 rings (SSSR count). The number of nitrogens with zero attached hydrogens (tertiary/aromatic N) is 2. The second-order valence-corrected chi connectivity index (χ2v) is 5.01. The molecule has 0 aliphatic heterocycles. The van der Waals surface area contributed by atoms with Crippen molar-refractivity contribution in [2.75, 3.05) is 6.54 Å². The fourth-order valence-electron chi connectivity index (χ4n) is 1.71. The average molecular weight is 268 g/mol. The minimum Gasteiger partial charge on any atom is -0.309 e. The Labute approximate surface area is 110 Å². The van der Waals surface area contributed by atoms with Crippen molar-refractivity contribution in [1.82, 2.24) is 15.3 Å². The third-order valence-electron chi connectivity index (χ3n) is 2.53. The van der Waals surface area contributed by atoms with Crippen LogP contribution in [0.5, 0.6) is 0 Å². The summed E-state index contributed by atoms with van der Waals surface area (Å²) in [5, 5.41) is 4.17. The highest BCUT2D eigenvalue weighted by Crippen LogP contribution is 2.24. The van der Waals surface area contributed by atoms with Gasteiger partial charge in [-0.1, -0.05) is 18.5 Å². The van der Waals surface area contributed by atoms with E-state index in [0.29, 0.717) is 0 Å². The molecule has 90 valence electrons. The lowest BCUT2D eigenvalue weighted by Crippen LogP contribution is -2.22. The van der Waals surface area contributed by atoms with Crippen molar-refractivity contribution >= 4 is 22.9 Å². The molecule has 1 unspecified atom stereocenters. The van der Waals surface area contributed by atoms with E-state index in [0.717, 1.165) is 23.6 Å². The van der Waals surface area contributed by atoms with Gasteiger partial charge in [0, 0.05) is 29.5 Å². The van der Waals surface area contributed by atoms with Gasteiger partial charge in [-0.2, -0.15) is 0 Å². The van der Waals surface area contributed by atoms with Crippen molar-refractivity contribution < 1.29 is 0 Å². The predicted octanol–water partition coefficient (Wildman–Crippen LogP) is 3.08. The summed E-state index contributed by atoms with van der Waals surface area (Å²) in [6.45, 7) is 3.02. The lowest BCUT2D eigenvalue weighted by atomic mass is 10.1. The van der Waals surface area contributed by atoms with E-state index in [9.17, 15) is 0 Å². The Hall–Kier alpha value is -0.970. The lowest BCUT2D eigenvalue weighted by Gasteiger charge is -2.16. The summed E-state index contributed by atoms with van der Waals surface area (Å²) in [5.74, 6) is 0. The number of halogens is 1. The first-order valence-electron chi connectivity index (χ1n) is 5.51. The predicted molar refractivity (Wildman–Crippen MR) is 71.5 cm³/mol. The minimum absolute atomic E-state index is 0.271. The third kappa shape index (κ3) is 3.25. The quantitative estimate of drug-likeness (QED) is 0.905. The Morgan fingerprint density at radius 2 is 2.29 bits per heavy atom. The molecule has 0 aliphatic rings. The van der Waals surface area contributed by atoms with Crippen LogP contribution in [0.15, 0.2) is 30.2 Å². The standard InChI is InChI=1S/C12H14ClN3S/c1-2-16-11(12-7-15-8-17-12)5-9-3-4-14-6-10(9)13/h3-4,6-8,11,16H,2,5H2,1H3. The van der Waals surface area contributed by atoms with Crippen molar-refractivity contribution in [1.29, 1.82) is 0 Å². The maximum Gasteiger partial charge on any atom is 0.0794 e. The van der Waals surface area contributed by atoms with Crippen LogP contribution in [0.4, 0.5) is 0 Å². The first-order valence-corrected chi connectivity index (χ1v) is 6.77. The molecule has 3 nitrogen and oxygen atoms in total. The van der Waals surface area contributed by atoms with E-state index in [1.807, 2.05) is 17.8 Å². The number of hydrogen-bond acceptors (Lipinski definition) is 4. The molecule has 0 radical (unpaired) electrons. The minimum atomic E-state index is 0.271. The van der Waals surface area contributed by atoms with Crippen LogP contribution in [-0.4, -0.2) is 16.5 Å². The van der Waals surface area contributed by atoms with E-state index in [2.05, 4.69) is 22.2 Å². The van der Waals surface area contributed by atoms with Gasteiger partial charge in [0.25, 0.3) is 0 Å². The fourth-order valence-corrected chi connectivity index (χ4v) is 2.60. The summed E-state index contributed by atoms with van der Waals surface area (Å²) < 4.78 is 0. The second-order valence-electron chi connectivity index (χ2n) is 3.69. The van der Waals surface area contributed by atoms with Crippen molar-refractivity contribution in [3.63, 3.8) is 0 Å². The van der Waals surface area contributed by atoms with Crippen LogP contribution >= 0.6 is 22.9 Å². The summed E-state index contributed by atoms with van der Waals surface area (Å²) in [6, 6.07) is 2.24. The van der Waals surface area contributed by atoms with Gasteiger partial charge >= 0.3 is 0 Å². The van der Waals surface area contributed by atoms with Gasteiger partial charge in [-0.3, -0.25) is 9.97 Å². The van der Waals surface area contributed by atoms with Crippen LogP contribution in [0.25, 0.3) is 0 Å². The molecule has 0 amide bonds. The summed E-state index contributed by atoms with van der Waals surface area (Å²) >= 11 is 7.79. The van der Waals surface area contributed by atoms with Crippen LogP contribution in [0.2, 0.25) is 5.02 Å². The van der Waals surface area contributed by atoms with Crippen molar-refractivity contribution in [3.8, 4) is 0 Å². The van der Waals surface area contributed by atoms with Gasteiger partial charge in [0.1, 0.15) is 0 Å². The summed E-state index contributed by atoms with van der Waals surface area (Å²) in [6.07, 6.45) is 6.23. The van der Waals surface area contributed by atoms with Crippen molar-refractivity contribution in [3.05, 3.63) is 45.6 Å². The maximum atomic E-state index is 6.13. The van der Waals surface area contributed by atoms with E-state index in [-0.39, 0.29) is 6.04 Å². The van der Waals surface area contributed by atoms with E-state index in [1.165, 1.54) is 4.88 Å². The van der Waals surface area contributed by atoms with Gasteiger partial charge in [0.2, 0.25) is 0 Å². The Balaban J connectivity index is 2.16. The molecule has 1 N–H and O–H groups in total. The zero-order valence-corrected chi connectivity index (χ0v) is 11.1. The Bertz CT molecular complexity index is 459. The molecule has 0 fully saturated rings. The first kappa shape index (κ1) is 12.5. The molecule has 0 saturated heterocycles. The lowest BCUT2D eigenvalue weighted by molar-refractivity contribution is 0.557.